The van der Waals surface area contributed by atoms with Crippen molar-refractivity contribution in [1.29, 1.82) is 0 Å². The second kappa shape index (κ2) is 6.74. The number of methoxy groups -OCH3 is 2. The molecule has 1 unspecified atom stereocenters. The molecule has 0 saturated carbocycles. The van der Waals surface area contributed by atoms with Crippen molar-refractivity contribution in [3.8, 4) is 5.75 Å². The van der Waals surface area contributed by atoms with Gasteiger partial charge in [0.05, 0.1) is 18.2 Å². The van der Waals surface area contributed by atoms with Gasteiger partial charge in [0.2, 0.25) is 0 Å². The highest BCUT2D eigenvalue weighted by atomic mass is 35.5. The van der Waals surface area contributed by atoms with Crippen LogP contribution in [-0.4, -0.2) is 20.8 Å². The van der Waals surface area contributed by atoms with Gasteiger partial charge >= 0.3 is 0 Å². The van der Waals surface area contributed by atoms with E-state index < -0.39 is 0 Å². The van der Waals surface area contributed by atoms with Crippen molar-refractivity contribution >= 4 is 11.6 Å². The van der Waals surface area contributed by atoms with E-state index in [1.54, 1.807) is 14.2 Å². The molecule has 0 aliphatic heterocycles. The summed E-state index contributed by atoms with van der Waals surface area (Å²) in [5.41, 5.74) is 6.54. The maximum Gasteiger partial charge on any atom is 0.137 e. The summed E-state index contributed by atoms with van der Waals surface area (Å²) in [5, 5.41) is 0.606. The zero-order valence-electron chi connectivity index (χ0n) is 9.70. The van der Waals surface area contributed by atoms with E-state index >= 15 is 0 Å². The average molecular weight is 244 g/mol. The van der Waals surface area contributed by atoms with E-state index in [-0.39, 0.29) is 6.10 Å². The SMILES string of the molecule is COc1ccc(C(CCCN)OC)cc1Cl. The molecule has 0 aromatic heterocycles. The Balaban J connectivity index is 2.80. The molecule has 90 valence electrons. The number of benzene rings is 1. The molecule has 0 amide bonds. The number of hydrogen-bond donors (Lipinski definition) is 1. The van der Waals surface area contributed by atoms with E-state index in [1.807, 2.05) is 18.2 Å². The number of hydrogen-bond acceptors (Lipinski definition) is 3. The lowest BCUT2D eigenvalue weighted by atomic mass is 10.0. The first-order valence-corrected chi connectivity index (χ1v) is 5.67. The summed E-state index contributed by atoms with van der Waals surface area (Å²) in [6, 6.07) is 5.70. The molecule has 1 atom stereocenters. The molecule has 0 saturated heterocycles. The number of ether oxygens (including phenoxy) is 2. The lowest BCUT2D eigenvalue weighted by Crippen LogP contribution is -2.06. The third-order valence-corrected chi connectivity index (χ3v) is 2.80. The second-order valence-corrected chi connectivity index (χ2v) is 3.96. The fraction of sp³-hybridized carbons (Fsp3) is 0.500. The van der Waals surface area contributed by atoms with E-state index in [0.29, 0.717) is 17.3 Å². The number of rotatable bonds is 6. The normalized spacial score (nSPS) is 12.5. The molecule has 2 N–H and O–H groups in total. The van der Waals surface area contributed by atoms with Gasteiger partial charge in [0.25, 0.3) is 0 Å². The Hall–Kier alpha value is -0.770. The van der Waals surface area contributed by atoms with Crippen LogP contribution in [-0.2, 0) is 4.74 Å². The molecular formula is C12H18ClNO2. The highest BCUT2D eigenvalue weighted by Crippen LogP contribution is 2.30. The lowest BCUT2D eigenvalue weighted by molar-refractivity contribution is 0.0943. The third-order valence-electron chi connectivity index (χ3n) is 2.50. The Morgan fingerprint density at radius 1 is 1.38 bits per heavy atom. The van der Waals surface area contributed by atoms with Crippen LogP contribution in [0, 0.1) is 0 Å². The van der Waals surface area contributed by atoms with E-state index in [9.17, 15) is 0 Å². The lowest BCUT2D eigenvalue weighted by Gasteiger charge is -2.16. The molecule has 4 heteroatoms. The minimum atomic E-state index is 0.0481. The van der Waals surface area contributed by atoms with E-state index in [4.69, 9.17) is 26.8 Å². The van der Waals surface area contributed by atoms with Crippen LogP contribution in [0.3, 0.4) is 0 Å². The van der Waals surface area contributed by atoms with Gasteiger partial charge in [0, 0.05) is 7.11 Å². The predicted octanol–water partition coefficient (Wildman–Crippen LogP) is 2.78. The summed E-state index contributed by atoms with van der Waals surface area (Å²) in [6.45, 7) is 0.670. The fourth-order valence-electron chi connectivity index (χ4n) is 1.61. The largest absolute Gasteiger partial charge is 0.495 e. The second-order valence-electron chi connectivity index (χ2n) is 3.55. The first kappa shape index (κ1) is 13.3. The summed E-state index contributed by atoms with van der Waals surface area (Å²) in [7, 11) is 3.29. The van der Waals surface area contributed by atoms with Gasteiger partial charge in [-0.05, 0) is 37.1 Å². The van der Waals surface area contributed by atoms with Crippen LogP contribution >= 0.6 is 11.6 Å². The molecule has 0 heterocycles. The molecule has 1 aromatic carbocycles. The molecule has 0 fully saturated rings. The van der Waals surface area contributed by atoms with Gasteiger partial charge in [0.1, 0.15) is 5.75 Å². The quantitative estimate of drug-likeness (QED) is 0.836. The molecular weight excluding hydrogens is 226 g/mol. The number of halogens is 1. The minimum absolute atomic E-state index is 0.0481. The molecule has 0 aliphatic carbocycles. The minimum Gasteiger partial charge on any atom is -0.495 e. The van der Waals surface area contributed by atoms with Crippen LogP contribution in [0.4, 0.5) is 0 Å². The van der Waals surface area contributed by atoms with Crippen molar-refractivity contribution in [3.63, 3.8) is 0 Å². The van der Waals surface area contributed by atoms with Gasteiger partial charge in [-0.1, -0.05) is 17.7 Å². The number of nitrogens with two attached hydrogens (primary N) is 1. The Morgan fingerprint density at radius 3 is 2.62 bits per heavy atom. The topological polar surface area (TPSA) is 44.5 Å². The van der Waals surface area contributed by atoms with Gasteiger partial charge < -0.3 is 15.2 Å². The molecule has 16 heavy (non-hydrogen) atoms. The highest BCUT2D eigenvalue weighted by Gasteiger charge is 2.11. The van der Waals surface area contributed by atoms with Crippen LogP contribution in [0.25, 0.3) is 0 Å². The fourth-order valence-corrected chi connectivity index (χ4v) is 1.87. The van der Waals surface area contributed by atoms with E-state index in [0.717, 1.165) is 18.4 Å². The van der Waals surface area contributed by atoms with Crippen molar-refractivity contribution < 1.29 is 9.47 Å². The third kappa shape index (κ3) is 3.37. The van der Waals surface area contributed by atoms with Crippen molar-refractivity contribution in [1.82, 2.24) is 0 Å². The Kier molecular flexibility index (Phi) is 5.60. The standard InChI is InChI=1S/C12H18ClNO2/c1-15-11(4-3-7-14)9-5-6-12(16-2)10(13)8-9/h5-6,8,11H,3-4,7,14H2,1-2H3. The molecule has 0 bridgehead atoms. The van der Waals surface area contributed by atoms with Crippen LogP contribution < -0.4 is 10.5 Å². The van der Waals surface area contributed by atoms with Gasteiger partial charge in [-0.3, -0.25) is 0 Å². The van der Waals surface area contributed by atoms with Crippen molar-refractivity contribution in [3.05, 3.63) is 28.8 Å². The molecule has 0 radical (unpaired) electrons. The summed E-state index contributed by atoms with van der Waals surface area (Å²) < 4.78 is 10.5. The predicted molar refractivity (Wildman–Crippen MR) is 66.0 cm³/mol. The smallest absolute Gasteiger partial charge is 0.137 e. The first-order chi connectivity index (χ1) is 7.72. The average Bonchev–Trinajstić information content (AvgIpc) is 2.30. The zero-order chi connectivity index (χ0) is 12.0. The Morgan fingerprint density at radius 2 is 2.12 bits per heavy atom. The maximum absolute atomic E-state index is 6.06. The zero-order valence-corrected chi connectivity index (χ0v) is 10.5. The van der Waals surface area contributed by atoms with E-state index in [1.165, 1.54) is 0 Å². The van der Waals surface area contributed by atoms with Gasteiger partial charge in [-0.15, -0.1) is 0 Å². The summed E-state index contributed by atoms with van der Waals surface area (Å²) in [4.78, 5) is 0. The van der Waals surface area contributed by atoms with Crippen LogP contribution in [0.1, 0.15) is 24.5 Å². The maximum atomic E-state index is 6.06. The van der Waals surface area contributed by atoms with E-state index in [2.05, 4.69) is 0 Å². The van der Waals surface area contributed by atoms with Crippen LogP contribution in [0.5, 0.6) is 5.75 Å². The summed E-state index contributed by atoms with van der Waals surface area (Å²) >= 11 is 6.06. The molecule has 0 spiro atoms. The Labute approximate surface area is 101 Å². The van der Waals surface area contributed by atoms with Crippen molar-refractivity contribution in [2.24, 2.45) is 5.73 Å². The van der Waals surface area contributed by atoms with Crippen molar-refractivity contribution in [2.45, 2.75) is 18.9 Å². The van der Waals surface area contributed by atoms with Crippen molar-refractivity contribution in [2.75, 3.05) is 20.8 Å². The monoisotopic (exact) mass is 243 g/mol. The summed E-state index contributed by atoms with van der Waals surface area (Å²) in [5.74, 6) is 0.680. The van der Waals surface area contributed by atoms with Gasteiger partial charge in [-0.25, -0.2) is 0 Å². The molecule has 0 aliphatic rings. The molecule has 1 aromatic rings. The summed E-state index contributed by atoms with van der Waals surface area (Å²) in [6.07, 6.45) is 1.88. The van der Waals surface area contributed by atoms with Crippen LogP contribution in [0.2, 0.25) is 5.02 Å². The van der Waals surface area contributed by atoms with Gasteiger partial charge in [-0.2, -0.15) is 0 Å². The van der Waals surface area contributed by atoms with Gasteiger partial charge in [0.15, 0.2) is 0 Å². The molecule has 1 rings (SSSR count). The Bertz CT molecular complexity index is 331. The first-order valence-electron chi connectivity index (χ1n) is 5.29. The molecule has 3 nitrogen and oxygen atoms in total. The highest BCUT2D eigenvalue weighted by molar-refractivity contribution is 6.32. The van der Waals surface area contributed by atoms with Crippen LogP contribution in [0.15, 0.2) is 18.2 Å².